The maximum Gasteiger partial charge on any atom is 0.410 e. The van der Waals surface area contributed by atoms with Gasteiger partial charge in [0.1, 0.15) is 12.3 Å². The summed E-state index contributed by atoms with van der Waals surface area (Å²) in [4.78, 5) is 29.2. The van der Waals surface area contributed by atoms with E-state index in [2.05, 4.69) is 39.7 Å². The van der Waals surface area contributed by atoms with Crippen molar-refractivity contribution in [1.29, 1.82) is 0 Å². The van der Waals surface area contributed by atoms with Gasteiger partial charge in [0.05, 0.1) is 17.3 Å². The molecular formula is C21H34N4O3. The average molecular weight is 391 g/mol. The van der Waals surface area contributed by atoms with Crippen LogP contribution < -0.4 is 0 Å². The monoisotopic (exact) mass is 390 g/mol. The Morgan fingerprint density at radius 1 is 1.29 bits per heavy atom. The lowest BCUT2D eigenvalue weighted by Gasteiger charge is -2.38. The summed E-state index contributed by atoms with van der Waals surface area (Å²) in [6.07, 6.45) is 2.34. The van der Waals surface area contributed by atoms with Crippen molar-refractivity contribution in [1.82, 2.24) is 19.6 Å². The summed E-state index contributed by atoms with van der Waals surface area (Å²) in [5.74, 6) is 0.543. The van der Waals surface area contributed by atoms with Crippen LogP contribution in [0.5, 0.6) is 0 Å². The van der Waals surface area contributed by atoms with Gasteiger partial charge in [-0.25, -0.2) is 4.79 Å². The minimum absolute atomic E-state index is 0.0247. The third kappa shape index (κ3) is 4.18. The van der Waals surface area contributed by atoms with Crippen molar-refractivity contribution in [3.8, 4) is 0 Å². The van der Waals surface area contributed by atoms with Crippen LogP contribution in [-0.2, 0) is 10.3 Å². The lowest BCUT2D eigenvalue weighted by Crippen LogP contribution is -2.50. The van der Waals surface area contributed by atoms with Crippen molar-refractivity contribution in [2.24, 2.45) is 5.92 Å². The van der Waals surface area contributed by atoms with E-state index in [1.54, 1.807) is 0 Å². The Morgan fingerprint density at radius 2 is 1.93 bits per heavy atom. The second kappa shape index (κ2) is 7.76. The van der Waals surface area contributed by atoms with Crippen LogP contribution in [0.15, 0.2) is 6.07 Å². The van der Waals surface area contributed by atoms with E-state index in [0.717, 1.165) is 25.0 Å². The van der Waals surface area contributed by atoms with E-state index in [4.69, 9.17) is 4.74 Å². The number of aryl methyl sites for hydroxylation is 1. The number of piperidine rings is 1. The minimum Gasteiger partial charge on any atom is -0.447 e. The Bertz CT molecular complexity index is 726. The Hall–Kier alpha value is -2.05. The first-order valence-corrected chi connectivity index (χ1v) is 10.4. The highest BCUT2D eigenvalue weighted by atomic mass is 16.6. The van der Waals surface area contributed by atoms with E-state index in [9.17, 15) is 9.59 Å². The molecule has 0 saturated carbocycles. The largest absolute Gasteiger partial charge is 0.447 e. The average Bonchev–Trinajstić information content (AvgIpc) is 3.17. The Morgan fingerprint density at radius 3 is 2.50 bits per heavy atom. The van der Waals surface area contributed by atoms with Gasteiger partial charge in [-0.05, 0) is 58.9 Å². The molecule has 7 heteroatoms. The summed E-state index contributed by atoms with van der Waals surface area (Å²) in [6.45, 7) is 14.2. The highest BCUT2D eigenvalue weighted by Gasteiger charge is 2.40. The van der Waals surface area contributed by atoms with E-state index < -0.39 is 0 Å². The van der Waals surface area contributed by atoms with E-state index in [1.807, 2.05) is 27.5 Å². The fourth-order valence-corrected chi connectivity index (χ4v) is 4.32. The number of hydrogen-bond donors (Lipinski definition) is 0. The van der Waals surface area contributed by atoms with Crippen LogP contribution in [0.4, 0.5) is 4.79 Å². The maximum atomic E-state index is 13.1. The van der Waals surface area contributed by atoms with Crippen molar-refractivity contribution in [2.45, 2.75) is 78.4 Å². The maximum absolute atomic E-state index is 13.1. The van der Waals surface area contributed by atoms with Crippen LogP contribution in [0.2, 0.25) is 0 Å². The third-order valence-corrected chi connectivity index (χ3v) is 5.58. The van der Waals surface area contributed by atoms with E-state index in [1.165, 1.54) is 0 Å². The Balaban J connectivity index is 1.67. The number of nitrogens with zero attached hydrogens (tertiary/aromatic N) is 4. The first-order chi connectivity index (χ1) is 13.1. The quantitative estimate of drug-likeness (QED) is 0.790. The molecule has 28 heavy (non-hydrogen) atoms. The van der Waals surface area contributed by atoms with Gasteiger partial charge in [0.25, 0.3) is 5.91 Å². The fourth-order valence-electron chi connectivity index (χ4n) is 4.32. The molecule has 3 rings (SSSR count). The Labute approximate surface area is 168 Å². The SMILES string of the molecule is Cc1cc(C(=O)N2CCC(N3C(=O)OCC3CC(C)C)CC2)n(C(C)(C)C)n1. The number of cyclic esters (lactones) is 1. The van der Waals surface area contributed by atoms with Crippen molar-refractivity contribution in [3.63, 3.8) is 0 Å². The number of likely N-dealkylation sites (tertiary alicyclic amines) is 1. The highest BCUT2D eigenvalue weighted by Crippen LogP contribution is 2.28. The second-order valence-corrected chi connectivity index (χ2v) is 9.54. The Kier molecular flexibility index (Phi) is 5.73. The van der Waals surface area contributed by atoms with Crippen LogP contribution in [0, 0.1) is 12.8 Å². The number of ether oxygens (including phenoxy) is 1. The molecule has 2 amide bonds. The lowest BCUT2D eigenvalue weighted by molar-refractivity contribution is 0.0611. The van der Waals surface area contributed by atoms with Crippen LogP contribution in [0.3, 0.4) is 0 Å². The second-order valence-electron chi connectivity index (χ2n) is 9.54. The molecule has 7 nitrogen and oxygen atoms in total. The van der Waals surface area contributed by atoms with Crippen molar-refractivity contribution in [2.75, 3.05) is 19.7 Å². The zero-order valence-electron chi connectivity index (χ0n) is 18.1. The molecule has 0 N–H and O–H groups in total. The zero-order chi connectivity index (χ0) is 20.6. The zero-order valence-corrected chi connectivity index (χ0v) is 18.1. The van der Waals surface area contributed by atoms with E-state index in [-0.39, 0.29) is 29.6 Å². The van der Waals surface area contributed by atoms with Gasteiger partial charge in [0.2, 0.25) is 0 Å². The normalized spacial score (nSPS) is 21.5. The summed E-state index contributed by atoms with van der Waals surface area (Å²) in [5, 5.41) is 4.52. The number of aromatic nitrogens is 2. The summed E-state index contributed by atoms with van der Waals surface area (Å²) in [5.41, 5.74) is 1.24. The van der Waals surface area contributed by atoms with Crippen LogP contribution in [-0.4, -0.2) is 63.4 Å². The van der Waals surface area contributed by atoms with Gasteiger partial charge >= 0.3 is 6.09 Å². The van der Waals surface area contributed by atoms with E-state index >= 15 is 0 Å². The molecule has 2 aliphatic rings. The molecule has 0 radical (unpaired) electrons. The summed E-state index contributed by atoms with van der Waals surface area (Å²) in [6, 6.07) is 2.18. The molecule has 0 aliphatic carbocycles. The van der Waals surface area contributed by atoms with E-state index in [0.29, 0.717) is 31.3 Å². The van der Waals surface area contributed by atoms with Crippen molar-refractivity contribution in [3.05, 3.63) is 17.5 Å². The van der Waals surface area contributed by atoms with Gasteiger partial charge in [-0.3, -0.25) is 14.4 Å². The fraction of sp³-hybridized carbons (Fsp3) is 0.762. The summed E-state index contributed by atoms with van der Waals surface area (Å²) < 4.78 is 7.15. The molecule has 3 heterocycles. The number of amides is 2. The number of carbonyl (C=O) groups is 2. The summed E-state index contributed by atoms with van der Waals surface area (Å²) in [7, 11) is 0. The summed E-state index contributed by atoms with van der Waals surface area (Å²) >= 11 is 0. The van der Waals surface area contributed by atoms with Crippen LogP contribution in [0.25, 0.3) is 0 Å². The predicted octanol–water partition coefficient (Wildman–Crippen LogP) is 3.42. The predicted molar refractivity (Wildman–Crippen MR) is 107 cm³/mol. The molecule has 0 spiro atoms. The van der Waals surface area contributed by atoms with Crippen molar-refractivity contribution < 1.29 is 14.3 Å². The number of rotatable bonds is 4. The molecule has 1 aromatic rings. The number of hydrogen-bond acceptors (Lipinski definition) is 4. The highest BCUT2D eigenvalue weighted by molar-refractivity contribution is 5.93. The minimum atomic E-state index is -0.249. The topological polar surface area (TPSA) is 67.7 Å². The molecule has 1 aromatic heterocycles. The van der Waals surface area contributed by atoms with Crippen LogP contribution in [0.1, 0.15) is 70.1 Å². The van der Waals surface area contributed by atoms with Gasteiger partial charge < -0.3 is 9.64 Å². The van der Waals surface area contributed by atoms with Gasteiger partial charge in [-0.2, -0.15) is 5.10 Å². The molecular weight excluding hydrogens is 356 g/mol. The van der Waals surface area contributed by atoms with Gasteiger partial charge in [0.15, 0.2) is 0 Å². The van der Waals surface area contributed by atoms with Gasteiger partial charge in [0, 0.05) is 19.1 Å². The first-order valence-electron chi connectivity index (χ1n) is 10.4. The molecule has 156 valence electrons. The number of carbonyl (C=O) groups excluding carboxylic acids is 2. The molecule has 2 fully saturated rings. The molecule has 2 aliphatic heterocycles. The smallest absolute Gasteiger partial charge is 0.410 e. The van der Waals surface area contributed by atoms with Crippen molar-refractivity contribution >= 4 is 12.0 Å². The standard InChI is InChI=1S/C21H34N4O3/c1-14(2)11-17-13-28-20(27)24(17)16-7-9-23(10-8-16)19(26)18-12-15(3)22-25(18)21(4,5)6/h12,14,16-17H,7-11,13H2,1-6H3. The molecule has 0 bridgehead atoms. The third-order valence-electron chi connectivity index (χ3n) is 5.58. The molecule has 1 atom stereocenters. The molecule has 0 aromatic carbocycles. The van der Waals surface area contributed by atoms with Gasteiger partial charge in [-0.1, -0.05) is 13.8 Å². The molecule has 1 unspecified atom stereocenters. The first kappa shape index (κ1) is 20.7. The lowest BCUT2D eigenvalue weighted by atomic mass is 9.98. The van der Waals surface area contributed by atoms with Crippen LogP contribution >= 0.6 is 0 Å². The van der Waals surface area contributed by atoms with Gasteiger partial charge in [-0.15, -0.1) is 0 Å². The molecule has 2 saturated heterocycles.